The number of nitrogens with zero attached hydrogens (tertiary/aromatic N) is 6. The molecule has 8 nitrogen and oxygen atoms in total. The predicted molar refractivity (Wildman–Crippen MR) is 119 cm³/mol. The molecule has 2 aromatic carbocycles. The van der Waals surface area contributed by atoms with Crippen LogP contribution in [0.3, 0.4) is 0 Å². The van der Waals surface area contributed by atoms with E-state index in [0.717, 1.165) is 21.4 Å². The normalized spacial score (nSPS) is 10.9. The number of anilines is 2. The summed E-state index contributed by atoms with van der Waals surface area (Å²) in [6.45, 7) is 0. The summed E-state index contributed by atoms with van der Waals surface area (Å²) in [7, 11) is 0. The molecule has 0 fully saturated rings. The predicted octanol–water partition coefficient (Wildman–Crippen LogP) is 4.29. The molecule has 0 atom stereocenters. The third kappa shape index (κ3) is 4.33. The van der Waals surface area contributed by atoms with Crippen molar-refractivity contribution in [2.45, 2.75) is 4.43 Å². The van der Waals surface area contributed by atoms with Crippen molar-refractivity contribution in [3.8, 4) is 11.8 Å². The van der Waals surface area contributed by atoms with E-state index in [2.05, 4.69) is 65.3 Å². The molecule has 142 valence electrons. The number of aliphatic imine (C=N–C) groups is 1. The van der Waals surface area contributed by atoms with Gasteiger partial charge in [-0.2, -0.15) is 15.5 Å². The number of hydrogen-bond donors (Lipinski definition) is 2. The number of nitrogens with one attached hydrogen (secondary N) is 2. The van der Waals surface area contributed by atoms with Crippen LogP contribution in [0, 0.1) is 11.3 Å². The van der Waals surface area contributed by atoms with E-state index in [-0.39, 0.29) is 0 Å². The van der Waals surface area contributed by atoms with Crippen molar-refractivity contribution in [1.29, 1.82) is 5.26 Å². The Hall–Kier alpha value is -3.52. The lowest BCUT2D eigenvalue weighted by atomic mass is 10.2. The number of nitriles is 1. The summed E-state index contributed by atoms with van der Waals surface area (Å²) in [4.78, 5) is 8.30. The summed E-state index contributed by atoms with van der Waals surface area (Å²) < 4.78 is 2.58. The van der Waals surface area contributed by atoms with Gasteiger partial charge in [-0.25, -0.2) is 14.7 Å². The molecule has 2 N–H and O–H groups in total. The maximum absolute atomic E-state index is 9.57. The maximum Gasteiger partial charge on any atom is 0.193 e. The standard InChI is InChI=1S/C20H15IN8/c21-9-15-2-1-3-16(8-15)26-20-18(10-22)19(27-28-20)24-11-14-4-6-17(7-5-14)29-13-23-12-25-29/h1-8,11-13H,9H2,(H2,26,27,28). The number of aromatic nitrogens is 5. The Morgan fingerprint density at radius 3 is 2.83 bits per heavy atom. The zero-order valence-corrected chi connectivity index (χ0v) is 17.3. The Balaban J connectivity index is 1.52. The Bertz CT molecular complexity index is 1170. The number of hydrogen-bond acceptors (Lipinski definition) is 6. The van der Waals surface area contributed by atoms with Crippen LogP contribution >= 0.6 is 22.6 Å². The number of alkyl halides is 1. The van der Waals surface area contributed by atoms with E-state index in [1.807, 2.05) is 42.5 Å². The molecule has 0 aliphatic rings. The smallest absolute Gasteiger partial charge is 0.193 e. The fourth-order valence-electron chi connectivity index (χ4n) is 2.69. The average Bonchev–Trinajstić information content (AvgIpc) is 3.43. The van der Waals surface area contributed by atoms with E-state index in [4.69, 9.17) is 0 Å². The first-order valence-corrected chi connectivity index (χ1v) is 10.2. The van der Waals surface area contributed by atoms with Crippen LogP contribution in [0.5, 0.6) is 0 Å². The second-order valence-electron chi connectivity index (χ2n) is 6.06. The van der Waals surface area contributed by atoms with Crippen molar-refractivity contribution < 1.29 is 0 Å². The topological polar surface area (TPSA) is 108 Å². The van der Waals surface area contributed by atoms with Gasteiger partial charge in [0.05, 0.1) is 5.69 Å². The number of rotatable bonds is 6. The molecule has 0 aliphatic carbocycles. The van der Waals surface area contributed by atoms with Crippen molar-refractivity contribution in [2.75, 3.05) is 5.32 Å². The molecule has 9 heteroatoms. The summed E-state index contributed by atoms with van der Waals surface area (Å²) in [6.07, 6.45) is 4.79. The molecule has 0 amide bonds. The third-order valence-corrected chi connectivity index (χ3v) is 5.00. The van der Waals surface area contributed by atoms with Crippen LogP contribution in [-0.4, -0.2) is 31.2 Å². The Morgan fingerprint density at radius 2 is 2.10 bits per heavy atom. The van der Waals surface area contributed by atoms with E-state index >= 15 is 0 Å². The van der Waals surface area contributed by atoms with Gasteiger partial charge in [-0.3, -0.25) is 5.10 Å². The molecule has 2 aromatic heterocycles. The second kappa shape index (κ2) is 8.66. The largest absolute Gasteiger partial charge is 0.339 e. The van der Waals surface area contributed by atoms with Gasteiger partial charge < -0.3 is 5.32 Å². The second-order valence-corrected chi connectivity index (χ2v) is 6.82. The lowest BCUT2D eigenvalue weighted by Crippen LogP contribution is -1.94. The van der Waals surface area contributed by atoms with Crippen LogP contribution in [0.15, 0.2) is 66.2 Å². The van der Waals surface area contributed by atoms with Gasteiger partial charge in [-0.05, 0) is 35.4 Å². The van der Waals surface area contributed by atoms with Crippen LogP contribution < -0.4 is 5.32 Å². The SMILES string of the molecule is N#Cc1c(N=Cc2ccc(-n3cncn3)cc2)n[nH]c1Nc1cccc(CI)c1. The zero-order valence-electron chi connectivity index (χ0n) is 15.1. The number of H-pyrrole nitrogens is 1. The van der Waals surface area contributed by atoms with E-state index in [9.17, 15) is 5.26 Å². The maximum atomic E-state index is 9.57. The lowest BCUT2D eigenvalue weighted by Gasteiger charge is -2.05. The van der Waals surface area contributed by atoms with Crippen LogP contribution in [0.2, 0.25) is 0 Å². The molecule has 2 heterocycles. The minimum Gasteiger partial charge on any atom is -0.339 e. The van der Waals surface area contributed by atoms with Crippen LogP contribution in [0.4, 0.5) is 17.3 Å². The molecule has 0 bridgehead atoms. The number of benzene rings is 2. The van der Waals surface area contributed by atoms with Crippen LogP contribution in [0.25, 0.3) is 5.69 Å². The highest BCUT2D eigenvalue weighted by molar-refractivity contribution is 14.1. The molecule has 29 heavy (non-hydrogen) atoms. The average molecular weight is 494 g/mol. The van der Waals surface area contributed by atoms with Gasteiger partial charge in [0, 0.05) is 16.3 Å². The summed E-state index contributed by atoms with van der Waals surface area (Å²) in [6, 6.07) is 17.8. The fraction of sp³-hybridized carbons (Fsp3) is 0.0500. The van der Waals surface area contributed by atoms with Gasteiger partial charge in [-0.1, -0.05) is 46.9 Å². The highest BCUT2D eigenvalue weighted by Gasteiger charge is 2.12. The lowest BCUT2D eigenvalue weighted by molar-refractivity contribution is 0.879. The first kappa shape index (κ1) is 18.8. The van der Waals surface area contributed by atoms with Crippen molar-refractivity contribution in [3.05, 3.63) is 77.9 Å². The van der Waals surface area contributed by atoms with Gasteiger partial charge in [0.25, 0.3) is 0 Å². The molecular weight excluding hydrogens is 479 g/mol. The molecule has 0 saturated carbocycles. The van der Waals surface area contributed by atoms with Gasteiger partial charge in [0.15, 0.2) is 5.82 Å². The van der Waals surface area contributed by atoms with Crippen molar-refractivity contribution in [1.82, 2.24) is 25.0 Å². The summed E-state index contributed by atoms with van der Waals surface area (Å²) in [5.41, 5.74) is 4.22. The molecule has 0 radical (unpaired) electrons. The summed E-state index contributed by atoms with van der Waals surface area (Å²) in [5.74, 6) is 0.854. The Kier molecular flexibility index (Phi) is 5.62. The number of aromatic amines is 1. The minimum atomic E-state index is 0.334. The first-order valence-electron chi connectivity index (χ1n) is 8.66. The minimum absolute atomic E-state index is 0.334. The monoisotopic (exact) mass is 494 g/mol. The summed E-state index contributed by atoms with van der Waals surface area (Å²) in [5, 5.41) is 23.9. The van der Waals surface area contributed by atoms with E-state index < -0.39 is 0 Å². The first-order chi connectivity index (χ1) is 14.3. The van der Waals surface area contributed by atoms with Crippen molar-refractivity contribution >= 4 is 46.1 Å². The third-order valence-electron chi connectivity index (χ3n) is 4.12. The van der Waals surface area contributed by atoms with Crippen molar-refractivity contribution in [2.24, 2.45) is 4.99 Å². The molecule has 0 saturated heterocycles. The van der Waals surface area contributed by atoms with Gasteiger partial charge in [0.1, 0.15) is 30.1 Å². The number of halogens is 1. The molecule has 0 unspecified atom stereocenters. The van der Waals surface area contributed by atoms with Gasteiger partial charge in [-0.15, -0.1) is 0 Å². The van der Waals surface area contributed by atoms with Gasteiger partial charge in [0.2, 0.25) is 0 Å². The van der Waals surface area contributed by atoms with Crippen LogP contribution in [0.1, 0.15) is 16.7 Å². The molecule has 4 aromatic rings. The van der Waals surface area contributed by atoms with Crippen molar-refractivity contribution in [3.63, 3.8) is 0 Å². The molecule has 0 spiro atoms. The zero-order chi connectivity index (χ0) is 20.1. The highest BCUT2D eigenvalue weighted by Crippen LogP contribution is 2.26. The fourth-order valence-corrected chi connectivity index (χ4v) is 3.16. The molecule has 4 rings (SSSR count). The van der Waals surface area contributed by atoms with E-state index in [0.29, 0.717) is 17.2 Å². The Labute approximate surface area is 180 Å². The highest BCUT2D eigenvalue weighted by atomic mass is 127. The molecule has 0 aliphatic heterocycles. The van der Waals surface area contributed by atoms with Gasteiger partial charge >= 0.3 is 0 Å². The summed E-state index contributed by atoms with van der Waals surface area (Å²) >= 11 is 2.31. The Morgan fingerprint density at radius 1 is 1.24 bits per heavy atom. The molecular formula is C20H15IN8. The quantitative estimate of drug-likeness (QED) is 0.236. The van der Waals surface area contributed by atoms with E-state index in [1.165, 1.54) is 11.9 Å². The van der Waals surface area contributed by atoms with E-state index in [1.54, 1.807) is 17.2 Å². The van der Waals surface area contributed by atoms with Crippen LogP contribution in [-0.2, 0) is 4.43 Å².